The number of carboxylic acid groups (broad SMARTS) is 1. The van der Waals surface area contributed by atoms with Gasteiger partial charge in [0.15, 0.2) is 0 Å². The van der Waals surface area contributed by atoms with Crippen LogP contribution >= 0.6 is 11.6 Å². The average Bonchev–Trinajstić information content (AvgIpc) is 2.35. The Bertz CT molecular complexity index is 477. The highest BCUT2D eigenvalue weighted by molar-refractivity contribution is 6.33. The molecule has 0 saturated heterocycles. The second-order valence-corrected chi connectivity index (χ2v) is 4.58. The molecule has 19 heavy (non-hydrogen) atoms. The maximum Gasteiger partial charge on any atom is 0.335 e. The molecule has 0 saturated carbocycles. The second kappa shape index (κ2) is 6.99. The van der Waals surface area contributed by atoms with E-state index in [2.05, 4.69) is 5.32 Å². The number of amides is 1. The molecule has 0 aliphatic carbocycles. The minimum absolute atomic E-state index is 0.0947. The third-order valence-electron chi connectivity index (χ3n) is 2.56. The van der Waals surface area contributed by atoms with Crippen molar-refractivity contribution in [2.75, 3.05) is 25.0 Å². The van der Waals surface area contributed by atoms with E-state index in [9.17, 15) is 9.59 Å². The van der Waals surface area contributed by atoms with Gasteiger partial charge in [-0.3, -0.25) is 4.79 Å². The lowest BCUT2D eigenvalue weighted by molar-refractivity contribution is -0.119. The summed E-state index contributed by atoms with van der Waals surface area (Å²) < 4.78 is 0. The number of carbonyl (C=O) groups excluding carboxylic acids is 1. The molecule has 1 aromatic carbocycles. The van der Waals surface area contributed by atoms with Crippen LogP contribution in [0.3, 0.4) is 0 Å². The van der Waals surface area contributed by atoms with Gasteiger partial charge in [-0.2, -0.15) is 0 Å². The predicted molar refractivity (Wildman–Crippen MR) is 75.0 cm³/mol. The number of nitrogens with zero attached hydrogens (tertiary/aromatic N) is 1. The van der Waals surface area contributed by atoms with E-state index >= 15 is 0 Å². The molecule has 0 atom stereocenters. The van der Waals surface area contributed by atoms with Crippen molar-refractivity contribution in [3.05, 3.63) is 28.8 Å². The van der Waals surface area contributed by atoms with Crippen molar-refractivity contribution in [3.63, 3.8) is 0 Å². The number of hydrogen-bond donors (Lipinski definition) is 2. The van der Waals surface area contributed by atoms with Crippen molar-refractivity contribution in [2.45, 2.75) is 13.3 Å². The van der Waals surface area contributed by atoms with Gasteiger partial charge in [-0.15, -0.1) is 0 Å². The molecule has 0 heterocycles. The van der Waals surface area contributed by atoms with Gasteiger partial charge in [0, 0.05) is 13.6 Å². The van der Waals surface area contributed by atoms with Crippen LogP contribution < -0.4 is 10.2 Å². The zero-order chi connectivity index (χ0) is 14.4. The summed E-state index contributed by atoms with van der Waals surface area (Å²) in [5.74, 6) is -1.13. The van der Waals surface area contributed by atoms with E-state index in [4.69, 9.17) is 16.7 Å². The summed E-state index contributed by atoms with van der Waals surface area (Å²) in [4.78, 5) is 24.1. The summed E-state index contributed by atoms with van der Waals surface area (Å²) in [5.41, 5.74) is 0.746. The molecule has 0 fully saturated rings. The summed E-state index contributed by atoms with van der Waals surface area (Å²) in [6.45, 7) is 2.79. The van der Waals surface area contributed by atoms with Crippen LogP contribution in [0.5, 0.6) is 0 Å². The van der Waals surface area contributed by atoms with Crippen LogP contribution in [0.25, 0.3) is 0 Å². The van der Waals surface area contributed by atoms with Gasteiger partial charge in [-0.05, 0) is 24.6 Å². The van der Waals surface area contributed by atoms with Crippen LogP contribution in [0.2, 0.25) is 5.02 Å². The highest BCUT2D eigenvalue weighted by atomic mass is 35.5. The number of nitrogens with one attached hydrogen (secondary N) is 1. The highest BCUT2D eigenvalue weighted by Gasteiger charge is 2.12. The fourth-order valence-corrected chi connectivity index (χ4v) is 1.90. The van der Waals surface area contributed by atoms with E-state index in [1.807, 2.05) is 6.92 Å². The molecule has 2 N–H and O–H groups in total. The largest absolute Gasteiger partial charge is 0.478 e. The van der Waals surface area contributed by atoms with Gasteiger partial charge >= 0.3 is 5.97 Å². The Hall–Kier alpha value is -1.75. The Morgan fingerprint density at radius 3 is 2.63 bits per heavy atom. The number of carbonyl (C=O) groups is 2. The topological polar surface area (TPSA) is 69.6 Å². The zero-order valence-corrected chi connectivity index (χ0v) is 11.7. The smallest absolute Gasteiger partial charge is 0.335 e. The van der Waals surface area contributed by atoms with E-state index in [0.717, 1.165) is 6.42 Å². The number of aromatic carboxylic acids is 1. The van der Waals surface area contributed by atoms with E-state index < -0.39 is 5.97 Å². The normalized spacial score (nSPS) is 10.1. The minimum Gasteiger partial charge on any atom is -0.478 e. The Morgan fingerprint density at radius 1 is 1.42 bits per heavy atom. The maximum absolute atomic E-state index is 11.6. The predicted octanol–water partition coefficient (Wildman–Crippen LogP) is 2.00. The lowest BCUT2D eigenvalue weighted by Crippen LogP contribution is -2.35. The summed E-state index contributed by atoms with van der Waals surface area (Å²) >= 11 is 6.02. The molecule has 1 aromatic rings. The van der Waals surface area contributed by atoms with Gasteiger partial charge < -0.3 is 15.3 Å². The first-order valence-corrected chi connectivity index (χ1v) is 6.34. The average molecular weight is 285 g/mol. The van der Waals surface area contributed by atoms with Crippen LogP contribution in [0.15, 0.2) is 18.2 Å². The summed E-state index contributed by atoms with van der Waals surface area (Å²) in [7, 11) is 1.73. The lowest BCUT2D eigenvalue weighted by atomic mass is 10.2. The van der Waals surface area contributed by atoms with Crippen molar-refractivity contribution in [1.82, 2.24) is 5.32 Å². The van der Waals surface area contributed by atoms with Gasteiger partial charge in [-0.25, -0.2) is 4.79 Å². The quantitative estimate of drug-likeness (QED) is 0.838. The van der Waals surface area contributed by atoms with Gasteiger partial charge in [0.2, 0.25) is 5.91 Å². The van der Waals surface area contributed by atoms with Crippen LogP contribution in [0, 0.1) is 0 Å². The first-order chi connectivity index (χ1) is 8.95. The monoisotopic (exact) mass is 284 g/mol. The van der Waals surface area contributed by atoms with Gasteiger partial charge in [0.25, 0.3) is 0 Å². The van der Waals surface area contributed by atoms with Crippen LogP contribution in [0.1, 0.15) is 23.7 Å². The van der Waals surface area contributed by atoms with E-state index in [1.165, 1.54) is 12.1 Å². The Morgan fingerprint density at radius 2 is 2.11 bits per heavy atom. The zero-order valence-electron chi connectivity index (χ0n) is 10.9. The molecule has 0 aromatic heterocycles. The van der Waals surface area contributed by atoms with Crippen LogP contribution in [-0.2, 0) is 4.79 Å². The maximum atomic E-state index is 11.6. The molecule has 0 radical (unpaired) electrons. The van der Waals surface area contributed by atoms with Crippen molar-refractivity contribution >= 4 is 29.2 Å². The number of hydrogen-bond acceptors (Lipinski definition) is 3. The van der Waals surface area contributed by atoms with Crippen molar-refractivity contribution in [3.8, 4) is 0 Å². The first kappa shape index (κ1) is 15.3. The fourth-order valence-electron chi connectivity index (χ4n) is 1.57. The second-order valence-electron chi connectivity index (χ2n) is 4.18. The fraction of sp³-hybridized carbons (Fsp3) is 0.385. The number of benzene rings is 1. The van der Waals surface area contributed by atoms with E-state index in [-0.39, 0.29) is 18.0 Å². The first-order valence-electron chi connectivity index (χ1n) is 5.96. The molecule has 6 heteroatoms. The standard InChI is InChI=1S/C13H17ClN2O3/c1-3-6-15-12(17)8-16(2)11-5-4-9(13(18)19)7-10(11)14/h4-5,7H,3,6,8H2,1-2H3,(H,15,17)(H,18,19). The molecule has 0 spiro atoms. The number of halogens is 1. The van der Waals surface area contributed by atoms with Crippen molar-refractivity contribution in [1.29, 1.82) is 0 Å². The molecule has 0 bridgehead atoms. The third kappa shape index (κ3) is 4.44. The Balaban J connectivity index is 2.74. The summed E-state index contributed by atoms with van der Waals surface area (Å²) in [5, 5.41) is 11.9. The van der Waals surface area contributed by atoms with E-state index in [1.54, 1.807) is 18.0 Å². The lowest BCUT2D eigenvalue weighted by Gasteiger charge is -2.20. The Labute approximate surface area is 117 Å². The van der Waals surface area contributed by atoms with E-state index in [0.29, 0.717) is 17.3 Å². The molecular weight excluding hydrogens is 268 g/mol. The van der Waals surface area contributed by atoms with Gasteiger partial charge in [-0.1, -0.05) is 18.5 Å². The summed E-state index contributed by atoms with van der Waals surface area (Å²) in [6, 6.07) is 4.43. The number of rotatable bonds is 6. The number of anilines is 1. The molecule has 0 unspecified atom stereocenters. The SMILES string of the molecule is CCCNC(=O)CN(C)c1ccc(C(=O)O)cc1Cl. The van der Waals surface area contributed by atoms with Gasteiger partial charge in [0.1, 0.15) is 0 Å². The molecule has 104 valence electrons. The molecular formula is C13H17ClN2O3. The number of carboxylic acids is 1. The Kier molecular flexibility index (Phi) is 5.63. The number of likely N-dealkylation sites (N-methyl/N-ethyl adjacent to an activating group) is 1. The molecule has 5 nitrogen and oxygen atoms in total. The van der Waals surface area contributed by atoms with Crippen LogP contribution in [-0.4, -0.2) is 37.1 Å². The van der Waals surface area contributed by atoms with Gasteiger partial charge in [0.05, 0.1) is 22.8 Å². The van der Waals surface area contributed by atoms with Crippen molar-refractivity contribution in [2.24, 2.45) is 0 Å². The molecule has 0 aliphatic heterocycles. The highest BCUT2D eigenvalue weighted by Crippen LogP contribution is 2.25. The molecule has 0 aliphatic rings. The molecule has 1 rings (SSSR count). The van der Waals surface area contributed by atoms with Crippen LogP contribution in [0.4, 0.5) is 5.69 Å². The van der Waals surface area contributed by atoms with Crippen molar-refractivity contribution < 1.29 is 14.7 Å². The minimum atomic E-state index is -1.03. The summed E-state index contributed by atoms with van der Waals surface area (Å²) in [6.07, 6.45) is 0.878. The molecule has 1 amide bonds. The third-order valence-corrected chi connectivity index (χ3v) is 2.86.